The van der Waals surface area contributed by atoms with E-state index in [9.17, 15) is 0 Å². The Kier molecular flexibility index (Phi) is 7.26. The molecule has 1 fully saturated rings. The Morgan fingerprint density at radius 1 is 0.692 bits per heavy atom. The molecule has 1 heteroatoms. The van der Waals surface area contributed by atoms with Crippen LogP contribution in [-0.2, 0) is 0 Å². The van der Waals surface area contributed by atoms with Crippen molar-refractivity contribution in [2.45, 2.75) is 48.0 Å². The standard InChI is InChI=1S/C19H15N.3C2H6/c1-2-6-15(7-3-1)20-18-9-5-4-8-16(18)17-11-13-10-14(13)12-19(17)20;3*1-2/h1-9,11-14H,10H2;3*1-2H3. The lowest BCUT2D eigenvalue weighted by atomic mass is 10.1. The predicted molar refractivity (Wildman–Crippen MR) is 117 cm³/mol. The predicted octanol–water partition coefficient (Wildman–Crippen LogP) is 5.92. The zero-order valence-electron chi connectivity index (χ0n) is 17.2. The molecule has 3 aromatic rings. The summed E-state index contributed by atoms with van der Waals surface area (Å²) in [4.78, 5) is 0. The van der Waals surface area contributed by atoms with E-state index in [1.54, 1.807) is 0 Å². The Morgan fingerprint density at radius 2 is 1.27 bits per heavy atom. The number of hydrogen-bond acceptors (Lipinski definition) is 0. The third kappa shape index (κ3) is 3.62. The number of para-hydroxylation sites is 2. The van der Waals surface area contributed by atoms with Gasteiger partial charge in [-0.15, -0.1) is 0 Å². The van der Waals surface area contributed by atoms with Gasteiger partial charge in [-0.3, -0.25) is 0 Å². The first kappa shape index (κ1) is 20.0. The summed E-state index contributed by atoms with van der Waals surface area (Å²) in [5, 5.41) is 4.20. The maximum Gasteiger partial charge on any atom is 0.0540 e. The minimum absolute atomic E-state index is 0.772. The number of hydrogen-bond donors (Lipinski definition) is 0. The van der Waals surface area contributed by atoms with Crippen LogP contribution in [0.25, 0.3) is 28.7 Å². The average Bonchev–Trinajstić information content (AvgIpc) is 3.44. The SMILES string of the molecule is C1=c2c(n(-c3ccccc3)c3ccccc23)=CC2CC12.CC.CC.CC. The van der Waals surface area contributed by atoms with Gasteiger partial charge in [-0.25, -0.2) is 0 Å². The molecule has 5 rings (SSSR count). The minimum Gasteiger partial charge on any atom is -0.310 e. The fourth-order valence-corrected chi connectivity index (χ4v) is 3.52. The zero-order chi connectivity index (χ0) is 19.1. The van der Waals surface area contributed by atoms with Crippen LogP contribution in [0.4, 0.5) is 0 Å². The van der Waals surface area contributed by atoms with Crippen LogP contribution in [0, 0.1) is 11.8 Å². The second kappa shape index (κ2) is 9.43. The first-order valence-corrected chi connectivity index (χ1v) is 10.3. The van der Waals surface area contributed by atoms with Gasteiger partial charge in [0.05, 0.1) is 10.9 Å². The minimum atomic E-state index is 0.772. The number of benzene rings is 2. The van der Waals surface area contributed by atoms with Gasteiger partial charge in [0.1, 0.15) is 0 Å². The summed E-state index contributed by atoms with van der Waals surface area (Å²) in [5.41, 5.74) is 2.58. The summed E-state index contributed by atoms with van der Waals surface area (Å²) in [6.07, 6.45) is 6.30. The Bertz CT molecular complexity index is 931. The van der Waals surface area contributed by atoms with Gasteiger partial charge in [-0.1, -0.05) is 90.1 Å². The molecule has 2 atom stereocenters. The molecule has 1 nitrogen and oxygen atoms in total. The molecule has 1 heterocycles. The number of rotatable bonds is 1. The lowest BCUT2D eigenvalue weighted by Crippen LogP contribution is -2.30. The van der Waals surface area contributed by atoms with E-state index in [1.165, 1.54) is 33.6 Å². The molecule has 2 aliphatic carbocycles. The molecule has 0 N–H and O–H groups in total. The first-order chi connectivity index (χ1) is 12.9. The van der Waals surface area contributed by atoms with E-state index in [-0.39, 0.29) is 0 Å². The molecule has 0 radical (unpaired) electrons. The highest BCUT2D eigenvalue weighted by molar-refractivity contribution is 5.85. The molecule has 0 saturated heterocycles. The van der Waals surface area contributed by atoms with E-state index in [1.807, 2.05) is 41.5 Å². The second-order valence-electron chi connectivity index (χ2n) is 5.88. The normalized spacial score (nSPS) is 18.1. The number of nitrogens with zero attached hydrogens (tertiary/aromatic N) is 1. The summed E-state index contributed by atoms with van der Waals surface area (Å²) in [6.45, 7) is 12.0. The molecule has 138 valence electrons. The zero-order valence-corrected chi connectivity index (χ0v) is 17.2. The Balaban J connectivity index is 0.000000371. The van der Waals surface area contributed by atoms with Crippen molar-refractivity contribution in [3.63, 3.8) is 0 Å². The smallest absolute Gasteiger partial charge is 0.0540 e. The molecule has 1 saturated carbocycles. The van der Waals surface area contributed by atoms with Crippen molar-refractivity contribution >= 4 is 23.1 Å². The van der Waals surface area contributed by atoms with Crippen LogP contribution in [0.2, 0.25) is 0 Å². The molecule has 26 heavy (non-hydrogen) atoms. The van der Waals surface area contributed by atoms with Crippen molar-refractivity contribution in [2.24, 2.45) is 11.8 Å². The maximum absolute atomic E-state index is 2.49. The van der Waals surface area contributed by atoms with Crippen molar-refractivity contribution < 1.29 is 0 Å². The topological polar surface area (TPSA) is 4.93 Å². The molecule has 2 unspecified atom stereocenters. The van der Waals surface area contributed by atoms with Gasteiger partial charge in [0.2, 0.25) is 0 Å². The van der Waals surface area contributed by atoms with Crippen LogP contribution in [0.1, 0.15) is 48.0 Å². The van der Waals surface area contributed by atoms with Crippen molar-refractivity contribution in [1.82, 2.24) is 4.57 Å². The summed E-state index contributed by atoms with van der Waals surface area (Å²) < 4.78 is 2.41. The van der Waals surface area contributed by atoms with Gasteiger partial charge in [0, 0.05) is 16.3 Å². The fourth-order valence-electron chi connectivity index (χ4n) is 3.52. The summed E-state index contributed by atoms with van der Waals surface area (Å²) in [7, 11) is 0. The van der Waals surface area contributed by atoms with Gasteiger partial charge in [-0.05, 0) is 36.5 Å². The Morgan fingerprint density at radius 3 is 1.96 bits per heavy atom. The molecule has 0 spiro atoms. The Labute approximate surface area is 158 Å². The molecular weight excluding hydrogens is 314 g/mol. The van der Waals surface area contributed by atoms with Gasteiger partial charge in [0.25, 0.3) is 0 Å². The van der Waals surface area contributed by atoms with Crippen molar-refractivity contribution in [2.75, 3.05) is 0 Å². The van der Waals surface area contributed by atoms with E-state index in [2.05, 4.69) is 71.3 Å². The molecule has 0 bridgehead atoms. The van der Waals surface area contributed by atoms with Crippen molar-refractivity contribution in [1.29, 1.82) is 0 Å². The molecular formula is C25H33N. The van der Waals surface area contributed by atoms with E-state index in [0.29, 0.717) is 0 Å². The van der Waals surface area contributed by atoms with Crippen LogP contribution in [0.3, 0.4) is 0 Å². The molecule has 2 aromatic carbocycles. The van der Waals surface area contributed by atoms with Gasteiger partial charge in [0.15, 0.2) is 0 Å². The quantitative estimate of drug-likeness (QED) is 0.515. The third-order valence-electron chi connectivity index (χ3n) is 4.61. The highest BCUT2D eigenvalue weighted by atomic mass is 15.0. The molecule has 0 amide bonds. The van der Waals surface area contributed by atoms with Gasteiger partial charge < -0.3 is 4.57 Å². The largest absolute Gasteiger partial charge is 0.310 e. The number of fused-ring (bicyclic) bond motifs is 4. The van der Waals surface area contributed by atoms with Crippen LogP contribution in [0.15, 0.2) is 54.6 Å². The van der Waals surface area contributed by atoms with Crippen LogP contribution in [0.5, 0.6) is 0 Å². The highest BCUT2D eigenvalue weighted by Gasteiger charge is 2.35. The van der Waals surface area contributed by atoms with E-state index in [0.717, 1.165) is 11.8 Å². The summed E-state index contributed by atoms with van der Waals surface area (Å²) >= 11 is 0. The summed E-state index contributed by atoms with van der Waals surface area (Å²) in [5.74, 6) is 1.56. The lowest BCUT2D eigenvalue weighted by molar-refractivity contribution is 1.00. The average molecular weight is 348 g/mol. The molecule has 2 aliphatic rings. The third-order valence-corrected chi connectivity index (χ3v) is 4.61. The van der Waals surface area contributed by atoms with Crippen LogP contribution < -0.4 is 10.6 Å². The lowest BCUT2D eigenvalue weighted by Gasteiger charge is -2.06. The maximum atomic E-state index is 2.49. The van der Waals surface area contributed by atoms with Crippen LogP contribution in [-0.4, -0.2) is 4.57 Å². The monoisotopic (exact) mass is 347 g/mol. The van der Waals surface area contributed by atoms with E-state index < -0.39 is 0 Å². The summed E-state index contributed by atoms with van der Waals surface area (Å²) in [6, 6.07) is 19.5. The molecule has 0 aliphatic heterocycles. The highest BCUT2D eigenvalue weighted by Crippen LogP contribution is 2.42. The second-order valence-corrected chi connectivity index (χ2v) is 5.88. The van der Waals surface area contributed by atoms with Crippen LogP contribution >= 0.6 is 0 Å². The molecule has 1 aromatic heterocycles. The Hall–Kier alpha value is -2.28. The van der Waals surface area contributed by atoms with Gasteiger partial charge >= 0.3 is 0 Å². The van der Waals surface area contributed by atoms with E-state index in [4.69, 9.17) is 0 Å². The number of aromatic nitrogens is 1. The van der Waals surface area contributed by atoms with Crippen molar-refractivity contribution in [3.05, 3.63) is 65.2 Å². The fraction of sp³-hybridized carbons (Fsp3) is 0.360. The first-order valence-electron chi connectivity index (χ1n) is 10.3. The van der Waals surface area contributed by atoms with Gasteiger partial charge in [-0.2, -0.15) is 0 Å². The van der Waals surface area contributed by atoms with Crippen molar-refractivity contribution in [3.8, 4) is 5.69 Å². The van der Waals surface area contributed by atoms with E-state index >= 15 is 0 Å².